The van der Waals surface area contributed by atoms with Gasteiger partial charge in [0, 0.05) is 19.1 Å². The van der Waals surface area contributed by atoms with Crippen LogP contribution >= 0.6 is 0 Å². The van der Waals surface area contributed by atoms with Crippen molar-refractivity contribution in [1.82, 2.24) is 10.3 Å². The SMILES string of the molecule is CCOC(=O)c1coc(NCCNC2CC2)n1. The van der Waals surface area contributed by atoms with Gasteiger partial charge in [-0.05, 0) is 19.8 Å². The van der Waals surface area contributed by atoms with Gasteiger partial charge in [-0.2, -0.15) is 4.98 Å². The Morgan fingerprint density at radius 3 is 3.12 bits per heavy atom. The number of oxazole rings is 1. The second-order valence-electron chi connectivity index (χ2n) is 3.91. The molecule has 6 nitrogen and oxygen atoms in total. The lowest BCUT2D eigenvalue weighted by atomic mass is 10.5. The van der Waals surface area contributed by atoms with Crippen LogP contribution in [0, 0.1) is 0 Å². The third-order valence-electron chi connectivity index (χ3n) is 2.40. The molecule has 0 atom stereocenters. The van der Waals surface area contributed by atoms with Gasteiger partial charge in [0.2, 0.25) is 0 Å². The highest BCUT2D eigenvalue weighted by molar-refractivity contribution is 5.87. The Bertz CT molecular complexity index is 374. The smallest absolute Gasteiger partial charge is 0.360 e. The summed E-state index contributed by atoms with van der Waals surface area (Å²) in [6, 6.07) is 1.04. The van der Waals surface area contributed by atoms with Gasteiger partial charge in [0.1, 0.15) is 6.26 Å². The summed E-state index contributed by atoms with van der Waals surface area (Å²) >= 11 is 0. The Hall–Kier alpha value is -1.56. The second kappa shape index (κ2) is 5.67. The van der Waals surface area contributed by atoms with Crippen LogP contribution in [0.4, 0.5) is 6.01 Å². The van der Waals surface area contributed by atoms with Crippen LogP contribution < -0.4 is 10.6 Å². The first-order chi connectivity index (χ1) is 8.29. The Labute approximate surface area is 99.7 Å². The largest absolute Gasteiger partial charge is 0.461 e. The minimum absolute atomic E-state index is 0.199. The van der Waals surface area contributed by atoms with E-state index >= 15 is 0 Å². The van der Waals surface area contributed by atoms with E-state index in [0.717, 1.165) is 13.1 Å². The molecule has 1 aromatic rings. The first-order valence-corrected chi connectivity index (χ1v) is 5.89. The molecule has 17 heavy (non-hydrogen) atoms. The molecule has 0 unspecified atom stereocenters. The number of hydrogen-bond acceptors (Lipinski definition) is 6. The van der Waals surface area contributed by atoms with E-state index in [4.69, 9.17) is 9.15 Å². The van der Waals surface area contributed by atoms with Crippen molar-refractivity contribution in [2.75, 3.05) is 25.0 Å². The summed E-state index contributed by atoms with van der Waals surface area (Å²) in [5, 5.41) is 6.35. The van der Waals surface area contributed by atoms with Crippen LogP contribution in [-0.2, 0) is 4.74 Å². The molecule has 1 aliphatic carbocycles. The zero-order chi connectivity index (χ0) is 12.1. The van der Waals surface area contributed by atoms with E-state index in [9.17, 15) is 4.79 Å². The van der Waals surface area contributed by atoms with Gasteiger partial charge in [-0.3, -0.25) is 0 Å². The first kappa shape index (κ1) is 11.9. The maximum Gasteiger partial charge on any atom is 0.360 e. The molecule has 1 aromatic heterocycles. The van der Waals surface area contributed by atoms with E-state index in [1.54, 1.807) is 6.92 Å². The monoisotopic (exact) mass is 239 g/mol. The average Bonchev–Trinajstić information content (AvgIpc) is 3.02. The summed E-state index contributed by atoms with van der Waals surface area (Å²) in [5.41, 5.74) is 0.199. The van der Waals surface area contributed by atoms with Crippen LogP contribution in [0.3, 0.4) is 0 Å². The Morgan fingerprint density at radius 2 is 2.41 bits per heavy atom. The predicted octanol–water partition coefficient (Wildman–Crippen LogP) is 1.02. The normalized spacial score (nSPS) is 14.6. The quantitative estimate of drug-likeness (QED) is 0.546. The number of esters is 1. The van der Waals surface area contributed by atoms with Gasteiger partial charge >= 0.3 is 5.97 Å². The number of carbonyl (C=O) groups excluding carboxylic acids is 1. The first-order valence-electron chi connectivity index (χ1n) is 5.89. The Kier molecular flexibility index (Phi) is 3.98. The van der Waals surface area contributed by atoms with Gasteiger partial charge in [-0.25, -0.2) is 4.79 Å². The van der Waals surface area contributed by atoms with Crippen molar-refractivity contribution in [1.29, 1.82) is 0 Å². The number of hydrogen-bond donors (Lipinski definition) is 2. The van der Waals surface area contributed by atoms with Crippen molar-refractivity contribution in [3.63, 3.8) is 0 Å². The molecule has 0 saturated heterocycles. The van der Waals surface area contributed by atoms with Gasteiger partial charge in [-0.1, -0.05) is 0 Å². The van der Waals surface area contributed by atoms with Gasteiger partial charge in [0.05, 0.1) is 6.61 Å². The number of anilines is 1. The van der Waals surface area contributed by atoms with Crippen molar-refractivity contribution < 1.29 is 13.9 Å². The fourth-order valence-corrected chi connectivity index (χ4v) is 1.39. The van der Waals surface area contributed by atoms with Crippen molar-refractivity contribution >= 4 is 12.0 Å². The Balaban J connectivity index is 1.71. The van der Waals surface area contributed by atoms with E-state index in [-0.39, 0.29) is 5.69 Å². The molecule has 0 amide bonds. The molecule has 0 aliphatic heterocycles. The van der Waals surface area contributed by atoms with Crippen LogP contribution in [0.2, 0.25) is 0 Å². The third-order valence-corrected chi connectivity index (χ3v) is 2.40. The fraction of sp³-hybridized carbons (Fsp3) is 0.636. The molecule has 1 saturated carbocycles. The lowest BCUT2D eigenvalue weighted by molar-refractivity contribution is 0.0519. The molecule has 94 valence electrons. The molecule has 0 bridgehead atoms. The molecule has 6 heteroatoms. The van der Waals surface area contributed by atoms with Gasteiger partial charge in [0.15, 0.2) is 5.69 Å². The highest BCUT2D eigenvalue weighted by atomic mass is 16.5. The second-order valence-corrected chi connectivity index (χ2v) is 3.91. The van der Waals surface area contributed by atoms with Crippen LogP contribution in [0.5, 0.6) is 0 Å². The number of nitrogens with one attached hydrogen (secondary N) is 2. The van der Waals surface area contributed by atoms with Crippen molar-refractivity contribution in [3.8, 4) is 0 Å². The van der Waals surface area contributed by atoms with E-state index in [1.165, 1.54) is 19.1 Å². The van der Waals surface area contributed by atoms with Gasteiger partial charge in [-0.15, -0.1) is 0 Å². The number of ether oxygens (including phenoxy) is 1. The Morgan fingerprint density at radius 1 is 1.59 bits per heavy atom. The molecule has 2 N–H and O–H groups in total. The summed E-state index contributed by atoms with van der Waals surface area (Å²) in [7, 11) is 0. The fourth-order valence-electron chi connectivity index (χ4n) is 1.39. The summed E-state index contributed by atoms with van der Waals surface area (Å²) in [6.07, 6.45) is 3.84. The van der Waals surface area contributed by atoms with Crippen molar-refractivity contribution in [2.24, 2.45) is 0 Å². The summed E-state index contributed by atoms with van der Waals surface area (Å²) < 4.78 is 9.91. The van der Waals surface area contributed by atoms with Crippen LogP contribution in [0.25, 0.3) is 0 Å². The minimum Gasteiger partial charge on any atom is -0.461 e. The van der Waals surface area contributed by atoms with E-state index in [1.807, 2.05) is 0 Å². The predicted molar refractivity (Wildman–Crippen MR) is 62.0 cm³/mol. The molecular formula is C11H17N3O3. The minimum atomic E-state index is -0.458. The number of rotatable bonds is 7. The highest BCUT2D eigenvalue weighted by Crippen LogP contribution is 2.18. The maximum absolute atomic E-state index is 11.3. The van der Waals surface area contributed by atoms with Crippen molar-refractivity contribution in [3.05, 3.63) is 12.0 Å². The van der Waals surface area contributed by atoms with E-state index in [2.05, 4.69) is 15.6 Å². The average molecular weight is 239 g/mol. The summed E-state index contributed by atoms with van der Waals surface area (Å²) in [6.45, 7) is 3.67. The summed E-state index contributed by atoms with van der Waals surface area (Å²) in [4.78, 5) is 15.3. The molecule has 0 aromatic carbocycles. The van der Waals surface area contributed by atoms with Gasteiger partial charge < -0.3 is 19.8 Å². The lowest BCUT2D eigenvalue weighted by Gasteiger charge is -2.02. The standard InChI is InChI=1S/C11H17N3O3/c1-2-16-10(15)9-7-17-11(14-9)13-6-5-12-8-3-4-8/h7-8,12H,2-6H2,1H3,(H,13,14). The van der Waals surface area contributed by atoms with E-state index in [0.29, 0.717) is 18.7 Å². The zero-order valence-corrected chi connectivity index (χ0v) is 9.86. The molecule has 1 aliphatic rings. The third kappa shape index (κ3) is 3.74. The number of nitrogens with zero attached hydrogens (tertiary/aromatic N) is 1. The van der Waals surface area contributed by atoms with Crippen LogP contribution in [0.15, 0.2) is 10.7 Å². The van der Waals surface area contributed by atoms with Crippen LogP contribution in [-0.4, -0.2) is 36.7 Å². The molecule has 1 fully saturated rings. The van der Waals surface area contributed by atoms with Crippen LogP contribution in [0.1, 0.15) is 30.3 Å². The number of carbonyl (C=O) groups is 1. The lowest BCUT2D eigenvalue weighted by Crippen LogP contribution is -2.24. The maximum atomic E-state index is 11.3. The van der Waals surface area contributed by atoms with Crippen molar-refractivity contribution in [2.45, 2.75) is 25.8 Å². The molecule has 2 rings (SSSR count). The summed E-state index contributed by atoms with van der Waals surface area (Å²) in [5.74, 6) is -0.458. The van der Waals surface area contributed by atoms with E-state index < -0.39 is 5.97 Å². The molecule has 0 spiro atoms. The molecular weight excluding hydrogens is 222 g/mol. The highest BCUT2D eigenvalue weighted by Gasteiger charge is 2.19. The topological polar surface area (TPSA) is 76.4 Å². The number of aromatic nitrogens is 1. The van der Waals surface area contributed by atoms with Gasteiger partial charge in [0.25, 0.3) is 6.01 Å². The molecule has 1 heterocycles. The molecule has 0 radical (unpaired) electrons. The zero-order valence-electron chi connectivity index (χ0n) is 9.86.